The lowest BCUT2D eigenvalue weighted by Gasteiger charge is -2.12. The van der Waals surface area contributed by atoms with Crippen LogP contribution in [0.3, 0.4) is 0 Å². The summed E-state index contributed by atoms with van der Waals surface area (Å²) < 4.78 is 0. The quantitative estimate of drug-likeness (QED) is 0.398. The van der Waals surface area contributed by atoms with E-state index in [-0.39, 0.29) is 44.9 Å². The summed E-state index contributed by atoms with van der Waals surface area (Å²) in [7, 11) is 0. The van der Waals surface area contributed by atoms with Gasteiger partial charge < -0.3 is 11.5 Å². The first-order chi connectivity index (χ1) is 12.8. The van der Waals surface area contributed by atoms with Gasteiger partial charge in [0.15, 0.2) is 0 Å². The van der Waals surface area contributed by atoms with Crippen molar-refractivity contribution in [3.05, 3.63) is 55.9 Å². The number of anilines is 2. The molecule has 0 radical (unpaired) electrons. The summed E-state index contributed by atoms with van der Waals surface area (Å²) in [4.78, 5) is 28.1. The van der Waals surface area contributed by atoms with Gasteiger partial charge in [-0.2, -0.15) is 5.26 Å². The molecule has 0 atom stereocenters. The van der Waals surface area contributed by atoms with Crippen molar-refractivity contribution >= 4 is 44.5 Å². The van der Waals surface area contributed by atoms with Crippen molar-refractivity contribution in [3.8, 4) is 6.07 Å². The first-order valence-corrected chi connectivity index (χ1v) is 8.78. The normalized spacial score (nSPS) is 10.9. The Hall–Kier alpha value is -3.51. The number of carbonyl (C=O) groups excluding carboxylic acids is 1. The first kappa shape index (κ1) is 18.3. The van der Waals surface area contributed by atoms with E-state index in [9.17, 15) is 20.2 Å². The molecule has 2 heterocycles. The summed E-state index contributed by atoms with van der Waals surface area (Å²) in [6, 6.07) is 7.36. The Bertz CT molecular complexity index is 1130. The fraction of sp³-hybridized carbons (Fsp3) is 0.167. The van der Waals surface area contributed by atoms with Crippen LogP contribution in [0.1, 0.15) is 46.1 Å². The first-order valence-electron chi connectivity index (χ1n) is 7.96. The van der Waals surface area contributed by atoms with E-state index >= 15 is 0 Å². The average Bonchev–Trinajstić information content (AvgIpc) is 2.95. The molecule has 0 aliphatic heterocycles. The van der Waals surface area contributed by atoms with E-state index in [0.717, 1.165) is 11.3 Å². The standard InChI is InChI=1S/C18H15N5O3S/c1-8(2)12-11(7-19)17(21)22-18-13(12)14(20)16(27-18)15(24)9-3-5-10(6-4-9)23(25)26/h3-6,8H,20H2,1-2H3,(H2,21,22). The summed E-state index contributed by atoms with van der Waals surface area (Å²) in [6.45, 7) is 3.81. The van der Waals surface area contributed by atoms with Crippen molar-refractivity contribution in [2.24, 2.45) is 0 Å². The van der Waals surface area contributed by atoms with Crippen molar-refractivity contribution in [1.82, 2.24) is 4.98 Å². The van der Waals surface area contributed by atoms with Gasteiger partial charge in [-0.1, -0.05) is 13.8 Å². The van der Waals surface area contributed by atoms with Gasteiger partial charge in [0.2, 0.25) is 5.78 Å². The molecule has 3 rings (SSSR count). The number of nitrogen functional groups attached to an aromatic ring is 2. The molecule has 0 bridgehead atoms. The maximum Gasteiger partial charge on any atom is 0.269 e. The van der Waals surface area contributed by atoms with Gasteiger partial charge in [0.05, 0.1) is 16.2 Å². The molecule has 0 spiro atoms. The highest BCUT2D eigenvalue weighted by molar-refractivity contribution is 7.21. The van der Waals surface area contributed by atoms with E-state index in [1.165, 1.54) is 24.3 Å². The van der Waals surface area contributed by atoms with Gasteiger partial charge in [0.25, 0.3) is 5.69 Å². The number of carbonyl (C=O) groups is 1. The highest BCUT2D eigenvalue weighted by Crippen LogP contribution is 2.41. The zero-order chi connectivity index (χ0) is 19.9. The lowest BCUT2D eigenvalue weighted by atomic mass is 9.94. The second-order valence-corrected chi connectivity index (χ2v) is 7.21. The number of hydrogen-bond donors (Lipinski definition) is 2. The van der Waals surface area contributed by atoms with Crippen LogP contribution in [0.15, 0.2) is 24.3 Å². The summed E-state index contributed by atoms with van der Waals surface area (Å²) in [5.41, 5.74) is 13.5. The van der Waals surface area contributed by atoms with Gasteiger partial charge in [-0.3, -0.25) is 14.9 Å². The number of pyridine rings is 1. The number of nitrogens with zero attached hydrogens (tertiary/aromatic N) is 3. The Morgan fingerprint density at radius 1 is 1.30 bits per heavy atom. The van der Waals surface area contributed by atoms with E-state index in [2.05, 4.69) is 11.1 Å². The maximum atomic E-state index is 12.9. The summed E-state index contributed by atoms with van der Waals surface area (Å²) >= 11 is 1.09. The maximum absolute atomic E-state index is 12.9. The average molecular weight is 381 g/mol. The molecule has 4 N–H and O–H groups in total. The van der Waals surface area contributed by atoms with E-state index < -0.39 is 4.92 Å². The van der Waals surface area contributed by atoms with Gasteiger partial charge in [0.1, 0.15) is 21.6 Å². The Kier molecular flexibility index (Phi) is 4.51. The third-order valence-corrected chi connectivity index (χ3v) is 5.28. The number of aromatic nitrogens is 1. The number of nitro benzene ring substituents is 1. The number of benzene rings is 1. The predicted molar refractivity (Wildman–Crippen MR) is 104 cm³/mol. The molecular formula is C18H15N5O3S. The van der Waals surface area contributed by atoms with Crippen molar-refractivity contribution in [2.75, 3.05) is 11.5 Å². The monoisotopic (exact) mass is 381 g/mol. The number of fused-ring (bicyclic) bond motifs is 1. The van der Waals surface area contributed by atoms with Crippen molar-refractivity contribution in [2.45, 2.75) is 19.8 Å². The molecule has 27 heavy (non-hydrogen) atoms. The van der Waals surface area contributed by atoms with E-state index in [1.54, 1.807) is 0 Å². The Morgan fingerprint density at radius 3 is 2.44 bits per heavy atom. The fourth-order valence-corrected chi connectivity index (χ4v) is 4.01. The van der Waals surface area contributed by atoms with Crippen LogP contribution in [-0.4, -0.2) is 15.7 Å². The van der Waals surface area contributed by atoms with Gasteiger partial charge in [-0.05, 0) is 23.6 Å². The number of ketones is 1. The largest absolute Gasteiger partial charge is 0.397 e. The predicted octanol–water partition coefficient (Wildman–Crippen LogP) is 3.59. The molecule has 0 aliphatic rings. The van der Waals surface area contributed by atoms with E-state index in [4.69, 9.17) is 11.5 Å². The molecule has 0 amide bonds. The number of hydrogen-bond acceptors (Lipinski definition) is 8. The summed E-state index contributed by atoms with van der Waals surface area (Å²) in [6.07, 6.45) is 0. The molecule has 0 unspecified atom stereocenters. The van der Waals surface area contributed by atoms with Gasteiger partial charge in [-0.15, -0.1) is 11.3 Å². The molecule has 0 fully saturated rings. The molecule has 9 heteroatoms. The third kappa shape index (κ3) is 2.96. The number of nitro groups is 1. The van der Waals surface area contributed by atoms with Crippen molar-refractivity contribution in [1.29, 1.82) is 5.26 Å². The highest BCUT2D eigenvalue weighted by Gasteiger charge is 2.25. The van der Waals surface area contributed by atoms with Crippen LogP contribution in [0, 0.1) is 21.4 Å². The second-order valence-electron chi connectivity index (χ2n) is 6.21. The number of nitrogens with two attached hydrogens (primary N) is 2. The molecule has 3 aromatic rings. The lowest BCUT2D eigenvalue weighted by molar-refractivity contribution is -0.384. The van der Waals surface area contributed by atoms with Crippen LogP contribution < -0.4 is 11.5 Å². The smallest absolute Gasteiger partial charge is 0.269 e. The molecule has 0 saturated heterocycles. The molecule has 8 nitrogen and oxygen atoms in total. The van der Waals surface area contributed by atoms with Crippen molar-refractivity contribution in [3.63, 3.8) is 0 Å². The van der Waals surface area contributed by atoms with Crippen LogP contribution in [0.4, 0.5) is 17.2 Å². The Morgan fingerprint density at radius 2 is 1.93 bits per heavy atom. The topological polar surface area (TPSA) is 149 Å². The molecule has 136 valence electrons. The Labute approximate surface area is 158 Å². The minimum atomic E-state index is -0.535. The van der Waals surface area contributed by atoms with Crippen LogP contribution >= 0.6 is 11.3 Å². The second kappa shape index (κ2) is 6.66. The zero-order valence-corrected chi connectivity index (χ0v) is 15.3. The van der Waals surface area contributed by atoms with E-state index in [0.29, 0.717) is 15.8 Å². The third-order valence-electron chi connectivity index (χ3n) is 4.18. The summed E-state index contributed by atoms with van der Waals surface area (Å²) in [5.74, 6) is -0.312. The fourth-order valence-electron chi connectivity index (χ4n) is 2.93. The van der Waals surface area contributed by atoms with Gasteiger partial charge >= 0.3 is 0 Å². The molecule has 1 aromatic carbocycles. The van der Waals surface area contributed by atoms with Gasteiger partial charge in [-0.25, -0.2) is 4.98 Å². The molecular weight excluding hydrogens is 366 g/mol. The molecule has 2 aromatic heterocycles. The van der Waals surface area contributed by atoms with E-state index in [1.807, 2.05) is 13.8 Å². The number of thiophene rings is 1. The summed E-state index contributed by atoms with van der Waals surface area (Å²) in [5, 5.41) is 20.8. The number of rotatable bonds is 4. The number of nitriles is 1. The Balaban J connectivity index is 2.20. The minimum absolute atomic E-state index is 0.0494. The zero-order valence-electron chi connectivity index (χ0n) is 14.5. The SMILES string of the molecule is CC(C)c1c(C#N)c(N)nc2sc(C(=O)c3ccc([N+](=O)[O-])cc3)c(N)c12. The lowest BCUT2D eigenvalue weighted by Crippen LogP contribution is -2.05. The number of non-ortho nitro benzene ring substituents is 1. The van der Waals surface area contributed by atoms with Crippen LogP contribution in [0.2, 0.25) is 0 Å². The highest BCUT2D eigenvalue weighted by atomic mass is 32.1. The van der Waals surface area contributed by atoms with Crippen molar-refractivity contribution < 1.29 is 9.72 Å². The van der Waals surface area contributed by atoms with Crippen LogP contribution in [0.25, 0.3) is 10.2 Å². The molecule has 0 saturated carbocycles. The van der Waals surface area contributed by atoms with Gasteiger partial charge in [0, 0.05) is 23.1 Å². The molecule has 0 aliphatic carbocycles. The van der Waals surface area contributed by atoms with Crippen LogP contribution in [0.5, 0.6) is 0 Å². The minimum Gasteiger partial charge on any atom is -0.397 e. The van der Waals surface area contributed by atoms with Crippen LogP contribution in [-0.2, 0) is 0 Å².